The number of nitrogens with zero attached hydrogens (tertiary/aromatic N) is 5. The van der Waals surface area contributed by atoms with Gasteiger partial charge < -0.3 is 0 Å². The molecular formula is C19H12Cl2F3N5. The van der Waals surface area contributed by atoms with Crippen molar-refractivity contribution in [2.75, 3.05) is 0 Å². The second-order valence-corrected chi connectivity index (χ2v) is 7.28. The predicted molar refractivity (Wildman–Crippen MR) is 103 cm³/mol. The molecule has 2 aromatic carbocycles. The van der Waals surface area contributed by atoms with E-state index in [9.17, 15) is 4.39 Å². The van der Waals surface area contributed by atoms with Gasteiger partial charge in [-0.3, -0.25) is 0 Å². The van der Waals surface area contributed by atoms with Crippen LogP contribution < -0.4 is 0 Å². The van der Waals surface area contributed by atoms with Crippen LogP contribution in [0.5, 0.6) is 0 Å². The summed E-state index contributed by atoms with van der Waals surface area (Å²) in [5.74, 6) is -6.00. The third-order valence-electron chi connectivity index (χ3n) is 4.53. The fourth-order valence-electron chi connectivity index (χ4n) is 3.10. The molecular weight excluding hydrogens is 426 g/mol. The van der Waals surface area contributed by atoms with E-state index in [1.165, 1.54) is 30.6 Å². The van der Waals surface area contributed by atoms with E-state index in [1.807, 2.05) is 0 Å². The van der Waals surface area contributed by atoms with Crippen LogP contribution in [0.2, 0.25) is 10.0 Å². The van der Waals surface area contributed by atoms with E-state index >= 15 is 8.78 Å². The first-order valence-corrected chi connectivity index (χ1v) is 9.20. The summed E-state index contributed by atoms with van der Waals surface area (Å²) in [5.41, 5.74) is -0.364. The van der Waals surface area contributed by atoms with Crippen LogP contribution in [-0.2, 0) is 12.5 Å². The van der Waals surface area contributed by atoms with Gasteiger partial charge in [0.25, 0.3) is 5.92 Å². The fraction of sp³-hybridized carbons (Fsp3) is 0.158. The zero-order chi connectivity index (χ0) is 20.6. The van der Waals surface area contributed by atoms with E-state index in [4.69, 9.17) is 23.2 Å². The van der Waals surface area contributed by atoms with Crippen molar-refractivity contribution in [1.82, 2.24) is 25.2 Å². The molecule has 5 nitrogen and oxygen atoms in total. The Morgan fingerprint density at radius 2 is 1.76 bits per heavy atom. The molecule has 0 aliphatic carbocycles. The Hall–Kier alpha value is -2.71. The number of benzene rings is 2. The van der Waals surface area contributed by atoms with Gasteiger partial charge in [-0.15, -0.1) is 5.10 Å². The molecule has 0 radical (unpaired) electrons. The molecule has 0 amide bonds. The van der Waals surface area contributed by atoms with Crippen molar-refractivity contribution in [2.24, 2.45) is 0 Å². The molecule has 0 aliphatic heterocycles. The van der Waals surface area contributed by atoms with Crippen LogP contribution in [0.4, 0.5) is 13.2 Å². The molecule has 0 fully saturated rings. The summed E-state index contributed by atoms with van der Waals surface area (Å²) in [5, 5.41) is 11.7. The average Bonchev–Trinajstić information content (AvgIpc) is 3.19. The standard InChI is InChI=1S/C19H12Cl2F3N5/c20-12-3-5-17-11(7-12)1-6-18(26-17)19(23,24)15(9-29-10-25-27-28-29)14-4-2-13(21)8-16(14)22/h1-8,10,15H,9H2. The fourth-order valence-corrected chi connectivity index (χ4v) is 3.44. The molecule has 2 heterocycles. The van der Waals surface area contributed by atoms with Crippen molar-refractivity contribution in [2.45, 2.75) is 18.4 Å². The molecule has 148 valence electrons. The molecule has 0 N–H and O–H groups in total. The molecule has 4 aromatic rings. The highest BCUT2D eigenvalue weighted by atomic mass is 35.5. The molecule has 0 spiro atoms. The van der Waals surface area contributed by atoms with Crippen LogP contribution in [0.15, 0.2) is 54.9 Å². The topological polar surface area (TPSA) is 56.5 Å². The summed E-state index contributed by atoms with van der Waals surface area (Å²) >= 11 is 11.7. The Bertz CT molecular complexity index is 1170. The van der Waals surface area contributed by atoms with Gasteiger partial charge in [0.2, 0.25) is 0 Å². The number of halogens is 5. The van der Waals surface area contributed by atoms with Crippen LogP contribution in [0.25, 0.3) is 10.9 Å². The Kier molecular flexibility index (Phi) is 5.14. The lowest BCUT2D eigenvalue weighted by Crippen LogP contribution is -2.30. The van der Waals surface area contributed by atoms with Crippen LogP contribution in [-0.4, -0.2) is 25.2 Å². The van der Waals surface area contributed by atoms with E-state index in [2.05, 4.69) is 20.5 Å². The molecule has 0 aliphatic rings. The van der Waals surface area contributed by atoms with E-state index in [-0.39, 0.29) is 17.1 Å². The molecule has 29 heavy (non-hydrogen) atoms. The third-order valence-corrected chi connectivity index (χ3v) is 5.00. The third kappa shape index (κ3) is 3.90. The van der Waals surface area contributed by atoms with E-state index in [0.29, 0.717) is 15.9 Å². The number of hydrogen-bond donors (Lipinski definition) is 0. The highest BCUT2D eigenvalue weighted by Gasteiger charge is 2.45. The van der Waals surface area contributed by atoms with Crippen molar-refractivity contribution < 1.29 is 13.2 Å². The lowest BCUT2D eigenvalue weighted by Gasteiger charge is -2.27. The summed E-state index contributed by atoms with van der Waals surface area (Å²) in [7, 11) is 0. The molecule has 0 bridgehead atoms. The summed E-state index contributed by atoms with van der Waals surface area (Å²) in [6, 6.07) is 11.0. The largest absolute Gasteiger partial charge is 0.298 e. The second-order valence-electron chi connectivity index (χ2n) is 6.41. The van der Waals surface area contributed by atoms with Crippen LogP contribution in [0.1, 0.15) is 17.2 Å². The van der Waals surface area contributed by atoms with Gasteiger partial charge in [0, 0.05) is 15.4 Å². The first-order valence-electron chi connectivity index (χ1n) is 8.45. The van der Waals surface area contributed by atoms with E-state index < -0.39 is 23.4 Å². The van der Waals surface area contributed by atoms with Gasteiger partial charge in [-0.1, -0.05) is 35.3 Å². The van der Waals surface area contributed by atoms with Gasteiger partial charge in [-0.05, 0) is 52.4 Å². The van der Waals surface area contributed by atoms with E-state index in [0.717, 1.165) is 10.7 Å². The predicted octanol–water partition coefficient (Wildman–Crippen LogP) is 5.24. The van der Waals surface area contributed by atoms with Crippen molar-refractivity contribution in [1.29, 1.82) is 0 Å². The van der Waals surface area contributed by atoms with Gasteiger partial charge in [-0.2, -0.15) is 8.78 Å². The van der Waals surface area contributed by atoms with E-state index in [1.54, 1.807) is 18.2 Å². The van der Waals surface area contributed by atoms with Gasteiger partial charge in [0.05, 0.1) is 18.0 Å². The molecule has 4 rings (SSSR count). The normalized spacial score (nSPS) is 13.0. The van der Waals surface area contributed by atoms with Crippen molar-refractivity contribution in [3.8, 4) is 0 Å². The van der Waals surface area contributed by atoms with Gasteiger partial charge in [0.15, 0.2) is 0 Å². The number of alkyl halides is 2. The Balaban J connectivity index is 1.82. The zero-order valence-electron chi connectivity index (χ0n) is 14.6. The van der Waals surface area contributed by atoms with Crippen LogP contribution in [0, 0.1) is 5.82 Å². The maximum Gasteiger partial charge on any atom is 0.298 e. The number of hydrogen-bond acceptors (Lipinski definition) is 4. The number of pyridine rings is 1. The minimum atomic E-state index is -3.53. The number of rotatable bonds is 5. The highest BCUT2D eigenvalue weighted by molar-refractivity contribution is 6.31. The zero-order valence-corrected chi connectivity index (χ0v) is 16.1. The molecule has 2 aromatic heterocycles. The summed E-state index contributed by atoms with van der Waals surface area (Å²) in [6.07, 6.45) is 1.19. The average molecular weight is 438 g/mol. The molecule has 0 saturated heterocycles. The summed E-state index contributed by atoms with van der Waals surface area (Å²) in [4.78, 5) is 4.09. The van der Waals surface area contributed by atoms with Gasteiger partial charge in [0.1, 0.15) is 17.8 Å². The lowest BCUT2D eigenvalue weighted by molar-refractivity contribution is -0.0452. The van der Waals surface area contributed by atoms with Crippen molar-refractivity contribution in [3.63, 3.8) is 0 Å². The molecule has 1 atom stereocenters. The number of fused-ring (bicyclic) bond motifs is 1. The number of tetrazole rings is 1. The SMILES string of the molecule is Fc1cc(Cl)ccc1C(Cn1cnnn1)C(F)(F)c1ccc2cc(Cl)ccc2n1. The monoisotopic (exact) mass is 437 g/mol. The minimum absolute atomic E-state index is 0.108. The van der Waals surface area contributed by atoms with Gasteiger partial charge >= 0.3 is 0 Å². The highest BCUT2D eigenvalue weighted by Crippen LogP contribution is 2.44. The molecule has 0 saturated carbocycles. The Morgan fingerprint density at radius 3 is 2.48 bits per heavy atom. The lowest BCUT2D eigenvalue weighted by atomic mass is 9.89. The quantitative estimate of drug-likeness (QED) is 0.428. The first-order chi connectivity index (χ1) is 13.8. The van der Waals surface area contributed by atoms with Crippen molar-refractivity contribution >= 4 is 34.1 Å². The smallest absolute Gasteiger partial charge is 0.246 e. The van der Waals surface area contributed by atoms with Gasteiger partial charge in [-0.25, -0.2) is 14.1 Å². The summed E-state index contributed by atoms with van der Waals surface area (Å²) in [6.45, 7) is -0.362. The maximum absolute atomic E-state index is 15.6. The second kappa shape index (κ2) is 7.61. The van der Waals surface area contributed by atoms with Crippen LogP contribution >= 0.6 is 23.2 Å². The minimum Gasteiger partial charge on any atom is -0.246 e. The first kappa shape index (κ1) is 19.6. The molecule has 1 unspecified atom stereocenters. The Morgan fingerprint density at radius 1 is 1.00 bits per heavy atom. The molecule has 10 heteroatoms. The Labute approximate surface area is 173 Å². The number of aromatic nitrogens is 5. The van der Waals surface area contributed by atoms with Crippen molar-refractivity contribution in [3.05, 3.63) is 82.0 Å². The summed E-state index contributed by atoms with van der Waals surface area (Å²) < 4.78 is 46.9. The maximum atomic E-state index is 15.6. The van der Waals surface area contributed by atoms with Crippen LogP contribution in [0.3, 0.4) is 0 Å².